The van der Waals surface area contributed by atoms with Crippen molar-refractivity contribution in [3.05, 3.63) is 35.9 Å². The highest BCUT2D eigenvalue weighted by Gasteiger charge is 2.14. The zero-order chi connectivity index (χ0) is 14.0. The Morgan fingerprint density at radius 1 is 1.10 bits per heavy atom. The number of hydroxylamine groups is 1. The van der Waals surface area contributed by atoms with Crippen LogP contribution in [0.15, 0.2) is 30.3 Å². The van der Waals surface area contributed by atoms with E-state index in [9.17, 15) is 4.79 Å². The average Bonchev–Trinajstić information content (AvgIpc) is 2.73. The largest absolute Gasteiger partial charge is 0.352 e. The van der Waals surface area contributed by atoms with Crippen LogP contribution in [0.25, 0.3) is 0 Å². The highest BCUT2D eigenvalue weighted by atomic mass is 16.6. The summed E-state index contributed by atoms with van der Waals surface area (Å²) in [5.74, 6) is 0.0185. The van der Waals surface area contributed by atoms with Gasteiger partial charge in [0, 0.05) is 6.04 Å². The molecule has 1 aromatic rings. The van der Waals surface area contributed by atoms with Crippen LogP contribution in [0.2, 0.25) is 0 Å². The van der Waals surface area contributed by atoms with Crippen LogP contribution in [0, 0.1) is 0 Å². The SMILES string of the molecule is O=C(CNOCc1ccccc1)NC1CCCCCC1. The van der Waals surface area contributed by atoms with Crippen LogP contribution < -0.4 is 10.8 Å². The molecule has 0 saturated heterocycles. The molecular weight excluding hydrogens is 252 g/mol. The lowest BCUT2D eigenvalue weighted by atomic mass is 10.1. The number of hydrogen-bond donors (Lipinski definition) is 2. The fourth-order valence-corrected chi connectivity index (χ4v) is 2.53. The quantitative estimate of drug-likeness (QED) is 0.477. The Morgan fingerprint density at radius 2 is 1.80 bits per heavy atom. The molecule has 0 aromatic heterocycles. The molecule has 0 bridgehead atoms. The van der Waals surface area contributed by atoms with Gasteiger partial charge in [-0.2, -0.15) is 5.48 Å². The van der Waals surface area contributed by atoms with Gasteiger partial charge in [0.05, 0.1) is 13.2 Å². The van der Waals surface area contributed by atoms with Crippen molar-refractivity contribution in [3.8, 4) is 0 Å². The van der Waals surface area contributed by atoms with Crippen molar-refractivity contribution in [1.29, 1.82) is 0 Å². The molecule has 1 saturated carbocycles. The standard InChI is InChI=1S/C16H24N2O2/c19-16(18-15-10-6-1-2-7-11-15)12-17-20-13-14-8-4-3-5-9-14/h3-5,8-9,15,17H,1-2,6-7,10-13H2,(H,18,19). The van der Waals surface area contributed by atoms with Gasteiger partial charge in [-0.25, -0.2) is 0 Å². The molecule has 1 aliphatic carbocycles. The molecule has 0 atom stereocenters. The summed E-state index contributed by atoms with van der Waals surface area (Å²) in [6, 6.07) is 10.2. The number of benzene rings is 1. The molecule has 1 fully saturated rings. The second-order valence-electron chi connectivity index (χ2n) is 5.35. The predicted octanol–water partition coefficient (Wildman–Crippen LogP) is 2.55. The van der Waals surface area contributed by atoms with Crippen LogP contribution in [0.1, 0.15) is 44.1 Å². The Labute approximate surface area is 120 Å². The molecule has 0 aliphatic heterocycles. The van der Waals surface area contributed by atoms with Crippen LogP contribution >= 0.6 is 0 Å². The zero-order valence-electron chi connectivity index (χ0n) is 11.9. The Kier molecular flexibility index (Phi) is 6.54. The van der Waals surface area contributed by atoms with E-state index in [2.05, 4.69) is 10.8 Å². The van der Waals surface area contributed by atoms with E-state index in [4.69, 9.17) is 4.84 Å². The molecular formula is C16H24N2O2. The molecule has 110 valence electrons. The Balaban J connectivity index is 1.58. The smallest absolute Gasteiger partial charge is 0.236 e. The third kappa shape index (κ3) is 5.72. The fraction of sp³-hybridized carbons (Fsp3) is 0.562. The van der Waals surface area contributed by atoms with Gasteiger partial charge in [0.2, 0.25) is 5.91 Å². The predicted molar refractivity (Wildman–Crippen MR) is 78.9 cm³/mol. The molecule has 1 aliphatic rings. The lowest BCUT2D eigenvalue weighted by Gasteiger charge is -2.16. The minimum absolute atomic E-state index is 0.0185. The van der Waals surface area contributed by atoms with Crippen molar-refractivity contribution in [3.63, 3.8) is 0 Å². The van der Waals surface area contributed by atoms with E-state index in [0.29, 0.717) is 12.6 Å². The summed E-state index contributed by atoms with van der Waals surface area (Å²) in [6.45, 7) is 0.681. The van der Waals surface area contributed by atoms with Crippen LogP contribution in [-0.2, 0) is 16.2 Å². The lowest BCUT2D eigenvalue weighted by Crippen LogP contribution is -2.40. The summed E-state index contributed by atoms with van der Waals surface area (Å²) in [6.07, 6.45) is 7.26. The number of rotatable bonds is 6. The monoisotopic (exact) mass is 276 g/mol. The molecule has 0 unspecified atom stereocenters. The zero-order valence-corrected chi connectivity index (χ0v) is 11.9. The molecule has 4 nitrogen and oxygen atoms in total. The topological polar surface area (TPSA) is 50.4 Å². The summed E-state index contributed by atoms with van der Waals surface area (Å²) in [7, 11) is 0. The summed E-state index contributed by atoms with van der Waals surface area (Å²) in [4.78, 5) is 17.1. The number of carbonyl (C=O) groups excluding carboxylic acids is 1. The van der Waals surface area contributed by atoms with Gasteiger partial charge in [0.15, 0.2) is 0 Å². The Hall–Kier alpha value is -1.39. The van der Waals surface area contributed by atoms with Crippen molar-refractivity contribution in [2.24, 2.45) is 0 Å². The van der Waals surface area contributed by atoms with E-state index in [1.807, 2.05) is 30.3 Å². The van der Waals surface area contributed by atoms with Gasteiger partial charge < -0.3 is 5.32 Å². The molecule has 1 aromatic carbocycles. The maximum atomic E-state index is 11.8. The Morgan fingerprint density at radius 3 is 2.50 bits per heavy atom. The second kappa shape index (κ2) is 8.72. The summed E-state index contributed by atoms with van der Waals surface area (Å²) >= 11 is 0. The van der Waals surface area contributed by atoms with Gasteiger partial charge in [-0.3, -0.25) is 9.63 Å². The highest BCUT2D eigenvalue weighted by molar-refractivity contribution is 5.78. The van der Waals surface area contributed by atoms with Crippen LogP contribution in [0.5, 0.6) is 0 Å². The molecule has 2 rings (SSSR count). The highest BCUT2D eigenvalue weighted by Crippen LogP contribution is 2.16. The van der Waals surface area contributed by atoms with E-state index >= 15 is 0 Å². The molecule has 4 heteroatoms. The average molecular weight is 276 g/mol. The van der Waals surface area contributed by atoms with Crippen molar-refractivity contribution in [2.75, 3.05) is 6.54 Å². The second-order valence-corrected chi connectivity index (χ2v) is 5.35. The van der Waals surface area contributed by atoms with E-state index < -0.39 is 0 Å². The van der Waals surface area contributed by atoms with Crippen LogP contribution in [0.3, 0.4) is 0 Å². The first-order chi connectivity index (χ1) is 9.84. The number of amides is 1. The van der Waals surface area contributed by atoms with Crippen molar-refractivity contribution < 1.29 is 9.63 Å². The van der Waals surface area contributed by atoms with Crippen molar-refractivity contribution >= 4 is 5.91 Å². The summed E-state index contributed by atoms with van der Waals surface area (Å²) < 4.78 is 0. The van der Waals surface area contributed by atoms with Crippen LogP contribution in [0.4, 0.5) is 0 Å². The van der Waals surface area contributed by atoms with Crippen molar-refractivity contribution in [2.45, 2.75) is 51.2 Å². The normalized spacial score (nSPS) is 16.6. The molecule has 0 radical (unpaired) electrons. The van der Waals surface area contributed by atoms with Crippen LogP contribution in [-0.4, -0.2) is 18.5 Å². The summed E-state index contributed by atoms with van der Waals surface area (Å²) in [5, 5.41) is 3.08. The van der Waals surface area contributed by atoms with E-state index in [0.717, 1.165) is 18.4 Å². The first kappa shape index (κ1) is 15.0. The Bertz CT molecular complexity index is 387. The molecule has 2 N–H and O–H groups in total. The fourth-order valence-electron chi connectivity index (χ4n) is 2.53. The summed E-state index contributed by atoms with van der Waals surface area (Å²) in [5.41, 5.74) is 3.81. The van der Waals surface area contributed by atoms with Gasteiger partial charge >= 0.3 is 0 Å². The minimum Gasteiger partial charge on any atom is -0.352 e. The van der Waals surface area contributed by atoms with Crippen molar-refractivity contribution in [1.82, 2.24) is 10.8 Å². The van der Waals surface area contributed by atoms with Gasteiger partial charge in [0.1, 0.15) is 0 Å². The number of nitrogens with one attached hydrogen (secondary N) is 2. The van der Waals surface area contributed by atoms with E-state index in [1.165, 1.54) is 25.7 Å². The van der Waals surface area contributed by atoms with Gasteiger partial charge in [0.25, 0.3) is 0 Å². The van der Waals surface area contributed by atoms with E-state index in [-0.39, 0.29) is 12.5 Å². The first-order valence-corrected chi connectivity index (χ1v) is 7.52. The maximum Gasteiger partial charge on any atom is 0.236 e. The molecule has 0 spiro atoms. The van der Waals surface area contributed by atoms with Gasteiger partial charge in [-0.15, -0.1) is 0 Å². The third-order valence-electron chi connectivity index (χ3n) is 3.64. The molecule has 0 heterocycles. The molecule has 1 amide bonds. The number of carbonyl (C=O) groups is 1. The maximum absolute atomic E-state index is 11.8. The number of hydrogen-bond acceptors (Lipinski definition) is 3. The van der Waals surface area contributed by atoms with Gasteiger partial charge in [-0.1, -0.05) is 56.0 Å². The van der Waals surface area contributed by atoms with Gasteiger partial charge in [-0.05, 0) is 18.4 Å². The minimum atomic E-state index is 0.0185. The van der Waals surface area contributed by atoms with E-state index in [1.54, 1.807) is 0 Å². The first-order valence-electron chi connectivity index (χ1n) is 7.52. The lowest BCUT2D eigenvalue weighted by molar-refractivity contribution is -0.123. The third-order valence-corrected chi connectivity index (χ3v) is 3.64. The molecule has 20 heavy (non-hydrogen) atoms.